The van der Waals surface area contributed by atoms with Crippen LogP contribution in [-0.2, 0) is 14.6 Å². The van der Waals surface area contributed by atoms with Gasteiger partial charge in [-0.3, -0.25) is 4.79 Å². The Kier molecular flexibility index (Phi) is 8.85. The van der Waals surface area contributed by atoms with Crippen molar-refractivity contribution >= 4 is 5.97 Å². The van der Waals surface area contributed by atoms with Crippen LogP contribution in [0.5, 0.6) is 0 Å². The predicted molar refractivity (Wildman–Crippen MR) is 92.1 cm³/mol. The minimum absolute atomic E-state index is 0.00999. The standard InChI is InChI=1S/C19H34O4/c1-5-8-10-15(4)11-9-12-19(7-3)14-16(6-2)17(22-23-19)13-18(20)21/h9,12,15-17H,5-8,10-11,13-14H2,1-4H3,(H,20,21)/b12-9+/t15-,16+,17+,19+/m0/s1. The molecule has 0 spiro atoms. The van der Waals surface area contributed by atoms with Crippen molar-refractivity contribution in [3.8, 4) is 0 Å². The fraction of sp³-hybridized carbons (Fsp3) is 0.842. The van der Waals surface area contributed by atoms with E-state index in [4.69, 9.17) is 14.9 Å². The van der Waals surface area contributed by atoms with Crippen molar-refractivity contribution in [2.24, 2.45) is 11.8 Å². The van der Waals surface area contributed by atoms with E-state index in [-0.39, 0.29) is 18.4 Å². The summed E-state index contributed by atoms with van der Waals surface area (Å²) in [6.45, 7) is 8.69. The van der Waals surface area contributed by atoms with Crippen LogP contribution in [0.2, 0.25) is 0 Å². The van der Waals surface area contributed by atoms with E-state index in [9.17, 15) is 4.79 Å². The number of carboxylic acid groups (broad SMARTS) is 1. The molecule has 0 saturated carbocycles. The minimum Gasteiger partial charge on any atom is -0.481 e. The topological polar surface area (TPSA) is 55.8 Å². The highest BCUT2D eigenvalue weighted by atomic mass is 17.2. The van der Waals surface area contributed by atoms with Gasteiger partial charge in [0.25, 0.3) is 0 Å². The van der Waals surface area contributed by atoms with Gasteiger partial charge in [-0.25, -0.2) is 9.78 Å². The third-order valence-corrected chi connectivity index (χ3v) is 4.98. The molecule has 1 aliphatic rings. The van der Waals surface area contributed by atoms with E-state index < -0.39 is 11.6 Å². The molecular weight excluding hydrogens is 292 g/mol. The van der Waals surface area contributed by atoms with Gasteiger partial charge in [0, 0.05) is 0 Å². The van der Waals surface area contributed by atoms with Gasteiger partial charge in [0.2, 0.25) is 0 Å². The number of carboxylic acids is 1. The van der Waals surface area contributed by atoms with Crippen LogP contribution in [0.4, 0.5) is 0 Å². The molecule has 4 nitrogen and oxygen atoms in total. The zero-order valence-electron chi connectivity index (χ0n) is 15.2. The first-order valence-electron chi connectivity index (χ1n) is 9.20. The molecule has 0 aromatic carbocycles. The monoisotopic (exact) mass is 326 g/mol. The Morgan fingerprint density at radius 1 is 1.39 bits per heavy atom. The van der Waals surface area contributed by atoms with Gasteiger partial charge in [-0.05, 0) is 31.1 Å². The van der Waals surface area contributed by atoms with Gasteiger partial charge in [-0.1, -0.05) is 65.5 Å². The van der Waals surface area contributed by atoms with Gasteiger partial charge in [0.1, 0.15) is 11.7 Å². The molecule has 0 amide bonds. The number of rotatable bonds is 10. The van der Waals surface area contributed by atoms with E-state index in [1.165, 1.54) is 19.3 Å². The molecule has 1 N–H and O–H groups in total. The zero-order valence-corrected chi connectivity index (χ0v) is 15.2. The molecule has 1 fully saturated rings. The Bertz CT molecular complexity index is 380. The lowest BCUT2D eigenvalue weighted by Gasteiger charge is -2.40. The van der Waals surface area contributed by atoms with Gasteiger partial charge in [-0.2, -0.15) is 0 Å². The number of allylic oxidation sites excluding steroid dienone is 1. The maximum Gasteiger partial charge on any atom is 0.306 e. The van der Waals surface area contributed by atoms with Crippen molar-refractivity contribution in [3.05, 3.63) is 12.2 Å². The van der Waals surface area contributed by atoms with Gasteiger partial charge < -0.3 is 5.11 Å². The molecule has 1 rings (SSSR count). The molecule has 23 heavy (non-hydrogen) atoms. The first-order valence-corrected chi connectivity index (χ1v) is 9.20. The Morgan fingerprint density at radius 2 is 2.13 bits per heavy atom. The Balaban J connectivity index is 2.62. The smallest absolute Gasteiger partial charge is 0.306 e. The number of unbranched alkanes of at least 4 members (excludes halogenated alkanes) is 1. The Hall–Kier alpha value is -0.870. The summed E-state index contributed by atoms with van der Waals surface area (Å²) in [5.41, 5.74) is -0.403. The summed E-state index contributed by atoms with van der Waals surface area (Å²) in [6.07, 6.45) is 11.5. The van der Waals surface area contributed by atoms with Crippen LogP contribution in [0, 0.1) is 11.8 Å². The second-order valence-electron chi connectivity index (χ2n) is 6.99. The molecule has 1 heterocycles. The minimum atomic E-state index is -0.832. The fourth-order valence-corrected chi connectivity index (χ4v) is 3.23. The number of hydrogen-bond acceptors (Lipinski definition) is 3. The molecule has 134 valence electrons. The summed E-state index contributed by atoms with van der Waals surface area (Å²) in [5, 5.41) is 8.99. The summed E-state index contributed by atoms with van der Waals surface area (Å²) >= 11 is 0. The molecule has 4 heteroatoms. The van der Waals surface area contributed by atoms with Gasteiger partial charge in [-0.15, -0.1) is 0 Å². The number of aliphatic carboxylic acids is 1. The molecule has 0 unspecified atom stereocenters. The lowest BCUT2D eigenvalue weighted by atomic mass is 9.81. The van der Waals surface area contributed by atoms with Crippen molar-refractivity contribution < 1.29 is 19.7 Å². The molecule has 4 atom stereocenters. The van der Waals surface area contributed by atoms with Crippen LogP contribution in [-0.4, -0.2) is 22.8 Å². The molecule has 0 aromatic rings. The lowest BCUT2D eigenvalue weighted by Crippen LogP contribution is -2.44. The average molecular weight is 326 g/mol. The summed E-state index contributed by atoms with van der Waals surface area (Å²) in [7, 11) is 0. The molecule has 0 aliphatic carbocycles. The van der Waals surface area contributed by atoms with Crippen molar-refractivity contribution in [1.29, 1.82) is 0 Å². The van der Waals surface area contributed by atoms with Crippen LogP contribution < -0.4 is 0 Å². The number of carbonyl (C=O) groups is 1. The first kappa shape index (κ1) is 20.2. The molecular formula is C19H34O4. The second-order valence-corrected chi connectivity index (χ2v) is 6.99. The molecule has 0 radical (unpaired) electrons. The molecule has 0 aromatic heterocycles. The summed E-state index contributed by atoms with van der Waals surface area (Å²) in [5.74, 6) is 0.0784. The summed E-state index contributed by atoms with van der Waals surface area (Å²) in [6, 6.07) is 0. The van der Waals surface area contributed by atoms with Crippen LogP contribution in [0.15, 0.2) is 12.2 Å². The van der Waals surface area contributed by atoms with E-state index >= 15 is 0 Å². The molecule has 1 saturated heterocycles. The van der Waals surface area contributed by atoms with E-state index in [1.54, 1.807) is 0 Å². The average Bonchev–Trinajstić information content (AvgIpc) is 2.53. The lowest BCUT2D eigenvalue weighted by molar-refractivity contribution is -0.409. The zero-order chi connectivity index (χ0) is 17.3. The normalized spacial score (nSPS) is 29.7. The third-order valence-electron chi connectivity index (χ3n) is 4.98. The van der Waals surface area contributed by atoms with Crippen molar-refractivity contribution in [1.82, 2.24) is 0 Å². The second kappa shape index (κ2) is 10.1. The predicted octanol–water partition coefficient (Wildman–Crippen LogP) is 5.13. The van der Waals surface area contributed by atoms with Crippen molar-refractivity contribution in [2.45, 2.75) is 90.8 Å². The maximum absolute atomic E-state index is 10.9. The van der Waals surface area contributed by atoms with E-state index in [2.05, 4.69) is 39.8 Å². The van der Waals surface area contributed by atoms with Gasteiger partial charge >= 0.3 is 5.97 Å². The highest BCUT2D eigenvalue weighted by molar-refractivity contribution is 5.67. The quantitative estimate of drug-likeness (QED) is 0.446. The Labute approximate surface area is 141 Å². The number of hydrogen-bond donors (Lipinski definition) is 1. The largest absolute Gasteiger partial charge is 0.481 e. The van der Waals surface area contributed by atoms with Crippen LogP contribution >= 0.6 is 0 Å². The Morgan fingerprint density at radius 3 is 2.70 bits per heavy atom. The van der Waals surface area contributed by atoms with Crippen molar-refractivity contribution in [2.75, 3.05) is 0 Å². The van der Waals surface area contributed by atoms with E-state index in [0.717, 1.165) is 25.7 Å². The van der Waals surface area contributed by atoms with Crippen LogP contribution in [0.1, 0.15) is 79.1 Å². The third kappa shape index (κ3) is 6.64. The SMILES string of the molecule is CCCC[C@H](C)C/C=C/[C@]1(CC)C[C@@H](CC)[C@@H](CC(=O)O)OO1. The maximum atomic E-state index is 10.9. The van der Waals surface area contributed by atoms with Gasteiger partial charge in [0.15, 0.2) is 0 Å². The van der Waals surface area contributed by atoms with E-state index in [1.807, 2.05) is 0 Å². The summed E-state index contributed by atoms with van der Waals surface area (Å²) in [4.78, 5) is 22.1. The van der Waals surface area contributed by atoms with Gasteiger partial charge in [0.05, 0.1) is 6.42 Å². The van der Waals surface area contributed by atoms with Crippen LogP contribution in [0.25, 0.3) is 0 Å². The van der Waals surface area contributed by atoms with Crippen LogP contribution in [0.3, 0.4) is 0 Å². The first-order chi connectivity index (χ1) is 11.0. The van der Waals surface area contributed by atoms with E-state index in [0.29, 0.717) is 5.92 Å². The van der Waals surface area contributed by atoms with Crippen molar-refractivity contribution in [3.63, 3.8) is 0 Å². The fourth-order valence-electron chi connectivity index (χ4n) is 3.23. The molecule has 1 aliphatic heterocycles. The summed E-state index contributed by atoms with van der Waals surface area (Å²) < 4.78 is 0. The molecule has 0 bridgehead atoms. The highest BCUT2D eigenvalue weighted by Crippen LogP contribution is 2.38. The highest BCUT2D eigenvalue weighted by Gasteiger charge is 2.41.